The van der Waals surface area contributed by atoms with Gasteiger partial charge in [0, 0.05) is 71.4 Å². The Bertz CT molecular complexity index is 1630. The van der Waals surface area contributed by atoms with Crippen molar-refractivity contribution in [2.45, 2.75) is 107 Å². The Balaban J connectivity index is 3.22. The number of hydrogen-bond acceptors (Lipinski definition) is 9. The first kappa shape index (κ1) is 53.1. The number of amides is 3. The molecule has 0 fully saturated rings. The highest BCUT2D eigenvalue weighted by atomic mass is 35.6. The second-order valence-electron chi connectivity index (χ2n) is 16.5. The zero-order chi connectivity index (χ0) is 44.2. The Hall–Kier alpha value is -2.92. The number of nitrogens with one attached hydrogen (secondary N) is 1. The fourth-order valence-corrected chi connectivity index (χ4v) is 9.76. The van der Waals surface area contributed by atoms with Crippen LogP contribution in [0.25, 0.3) is 16.5 Å². The van der Waals surface area contributed by atoms with E-state index < -0.39 is 45.3 Å². The van der Waals surface area contributed by atoms with Crippen LogP contribution < -0.4 is 10.1 Å². The molecule has 15 nitrogen and oxygen atoms in total. The van der Waals surface area contributed by atoms with Crippen molar-refractivity contribution in [2.75, 3.05) is 65.2 Å². The summed E-state index contributed by atoms with van der Waals surface area (Å²) in [5.74, 6) is 0.410. The van der Waals surface area contributed by atoms with Crippen molar-refractivity contribution in [1.29, 1.82) is 0 Å². The van der Waals surface area contributed by atoms with Crippen LogP contribution in [0.1, 0.15) is 72.3 Å². The summed E-state index contributed by atoms with van der Waals surface area (Å²) in [4.78, 5) is 44.9. The number of carbonyl (C=O) groups excluding carboxylic acids is 3. The molecule has 0 unspecified atom stereocenters. The number of methoxy groups -OCH3 is 1. The van der Waals surface area contributed by atoms with E-state index in [1.807, 2.05) is 12.1 Å². The van der Waals surface area contributed by atoms with Crippen molar-refractivity contribution in [3.8, 4) is 5.75 Å². The van der Waals surface area contributed by atoms with Crippen LogP contribution in [0.4, 0.5) is 9.59 Å². The molecule has 0 aliphatic heterocycles. The Morgan fingerprint density at radius 1 is 0.862 bits per heavy atom. The van der Waals surface area contributed by atoms with Crippen LogP contribution in [0, 0.1) is 0 Å². The molecule has 0 spiro atoms. The van der Waals surface area contributed by atoms with Gasteiger partial charge in [0.25, 0.3) is 0 Å². The number of halogens is 3. The van der Waals surface area contributed by atoms with E-state index in [1.165, 1.54) is 29.1 Å². The molecule has 330 valence electrons. The summed E-state index contributed by atoms with van der Waals surface area (Å²) in [6.07, 6.45) is 3.95. The van der Waals surface area contributed by atoms with E-state index in [0.717, 1.165) is 5.56 Å². The lowest BCUT2D eigenvalue weighted by Gasteiger charge is -2.34. The van der Waals surface area contributed by atoms with Crippen molar-refractivity contribution >= 4 is 77.1 Å². The molecule has 0 bridgehead atoms. The number of hydrogen-bond donors (Lipinski definition) is 1. The first-order valence-corrected chi connectivity index (χ1v) is 25.9. The molecule has 0 aromatic heterocycles. The van der Waals surface area contributed by atoms with E-state index in [0.29, 0.717) is 50.4 Å². The Morgan fingerprint density at radius 3 is 1.98 bits per heavy atom. The predicted octanol–water partition coefficient (Wildman–Crippen LogP) is 8.88. The molecule has 0 aliphatic carbocycles. The lowest BCUT2D eigenvalue weighted by atomic mass is 10.2. The average Bonchev–Trinajstić information content (AvgIpc) is 3.10. The van der Waals surface area contributed by atoms with Gasteiger partial charge in [-0.2, -0.15) is 0 Å². The largest absolute Gasteiger partial charge is 0.497 e. The number of alkyl halides is 3. The molecule has 0 heterocycles. The van der Waals surface area contributed by atoms with E-state index in [4.69, 9.17) is 54.5 Å². The highest BCUT2D eigenvalue weighted by molar-refractivity contribution is 7.89. The standard InChI is InChI=1S/C38H64Cl3N7O8SSi/c1-36(2,3)55-34(50)43-21-10-11-27-48(57(52,53)29-30-58(7,8)9)28-14-25-46(33(49)20-17-31-15-18-32(54-6)19-16-31)24-13-26-47(23-12-22-44-45-42)35(51)56-37(4,5)38(39,40)41/h15-20H,10-14,21-30H2,1-9H3,(H,43,50)/b20-17+. The number of benzene rings is 1. The third-order valence-electron chi connectivity index (χ3n) is 8.58. The van der Waals surface area contributed by atoms with Gasteiger partial charge in [0.15, 0.2) is 5.60 Å². The minimum Gasteiger partial charge on any atom is -0.497 e. The van der Waals surface area contributed by atoms with E-state index in [2.05, 4.69) is 35.0 Å². The molecule has 0 saturated carbocycles. The van der Waals surface area contributed by atoms with Gasteiger partial charge >= 0.3 is 12.2 Å². The summed E-state index contributed by atoms with van der Waals surface area (Å²) in [7, 11) is -3.73. The van der Waals surface area contributed by atoms with Gasteiger partial charge in [0.1, 0.15) is 11.4 Å². The van der Waals surface area contributed by atoms with Crippen molar-refractivity contribution < 1.29 is 37.0 Å². The summed E-state index contributed by atoms with van der Waals surface area (Å²) in [5.41, 5.74) is 7.39. The summed E-state index contributed by atoms with van der Waals surface area (Å²) >= 11 is 18.2. The maximum Gasteiger partial charge on any atom is 0.410 e. The molecular weight excluding hydrogens is 849 g/mol. The molecule has 0 atom stereocenters. The number of alkyl carbamates (subject to hydrolysis) is 1. The fourth-order valence-electron chi connectivity index (χ4n) is 5.09. The van der Waals surface area contributed by atoms with Crippen LogP contribution in [-0.4, -0.2) is 129 Å². The van der Waals surface area contributed by atoms with Crippen molar-refractivity contribution in [2.24, 2.45) is 5.11 Å². The molecule has 0 radical (unpaired) electrons. The summed E-state index contributed by atoms with van der Waals surface area (Å²) < 4.78 is 43.0. The maximum atomic E-state index is 13.7. The van der Waals surface area contributed by atoms with Crippen LogP contribution in [0.3, 0.4) is 0 Å². The van der Waals surface area contributed by atoms with Gasteiger partial charge < -0.3 is 29.3 Å². The van der Waals surface area contributed by atoms with Crippen LogP contribution in [0.2, 0.25) is 25.7 Å². The molecule has 1 aromatic rings. The van der Waals surface area contributed by atoms with Crippen molar-refractivity contribution in [3.63, 3.8) is 0 Å². The second kappa shape index (κ2) is 25.0. The first-order chi connectivity index (χ1) is 26.8. The molecule has 20 heteroatoms. The first-order valence-electron chi connectivity index (χ1n) is 19.4. The topological polar surface area (TPSA) is 184 Å². The van der Waals surface area contributed by atoms with Gasteiger partial charge in [-0.25, -0.2) is 22.3 Å². The maximum absolute atomic E-state index is 13.7. The smallest absolute Gasteiger partial charge is 0.410 e. The van der Waals surface area contributed by atoms with Gasteiger partial charge in [0.2, 0.25) is 19.7 Å². The normalized spacial score (nSPS) is 12.6. The van der Waals surface area contributed by atoms with Crippen LogP contribution in [0.15, 0.2) is 35.5 Å². The Labute approximate surface area is 361 Å². The number of nitrogens with zero attached hydrogens (tertiary/aromatic N) is 6. The third-order valence-corrected chi connectivity index (χ3v) is 13.9. The highest BCUT2D eigenvalue weighted by Gasteiger charge is 2.44. The monoisotopic (exact) mass is 911 g/mol. The lowest BCUT2D eigenvalue weighted by molar-refractivity contribution is -0.126. The van der Waals surface area contributed by atoms with Crippen molar-refractivity contribution in [1.82, 2.24) is 19.4 Å². The summed E-state index contributed by atoms with van der Waals surface area (Å²) in [6, 6.07) is 7.81. The lowest BCUT2D eigenvalue weighted by Crippen LogP contribution is -2.46. The molecule has 1 aromatic carbocycles. The predicted molar refractivity (Wildman–Crippen MR) is 236 cm³/mol. The molecule has 1 rings (SSSR count). The SMILES string of the molecule is COc1ccc(/C=C/C(=O)N(CCCN(CCCN=[N+]=[N-])C(=O)OC(C)(C)C(Cl)(Cl)Cl)CCCN(CCCCNC(=O)OC(C)(C)C)S(=O)(=O)CC[Si](C)(C)C)cc1. The van der Waals surface area contributed by atoms with Gasteiger partial charge in [-0.1, -0.05) is 71.7 Å². The van der Waals surface area contributed by atoms with E-state index >= 15 is 0 Å². The van der Waals surface area contributed by atoms with Crippen LogP contribution >= 0.6 is 34.8 Å². The highest BCUT2D eigenvalue weighted by Crippen LogP contribution is 2.40. The van der Waals surface area contributed by atoms with Gasteiger partial charge in [-0.05, 0) is 102 Å². The van der Waals surface area contributed by atoms with Gasteiger partial charge in [-0.3, -0.25) is 4.79 Å². The van der Waals surface area contributed by atoms with E-state index in [-0.39, 0.29) is 57.5 Å². The molecular formula is C38H64Cl3N7O8SSi. The minimum absolute atomic E-state index is 0.0345. The summed E-state index contributed by atoms with van der Waals surface area (Å²) in [5, 5.41) is 6.26. The molecule has 1 N–H and O–H groups in total. The number of azide groups is 1. The van der Waals surface area contributed by atoms with Crippen LogP contribution in [-0.2, 0) is 24.3 Å². The van der Waals surface area contributed by atoms with E-state index in [1.54, 1.807) is 51.0 Å². The molecule has 0 aliphatic rings. The minimum atomic E-state index is -3.62. The van der Waals surface area contributed by atoms with Gasteiger partial charge in [-0.15, -0.1) is 0 Å². The van der Waals surface area contributed by atoms with Crippen molar-refractivity contribution in [3.05, 3.63) is 46.3 Å². The number of carbonyl (C=O) groups is 3. The number of rotatable bonds is 25. The number of ether oxygens (including phenoxy) is 3. The Kier molecular flexibility index (Phi) is 22.9. The molecule has 3 amide bonds. The second-order valence-corrected chi connectivity index (χ2v) is 26.5. The quantitative estimate of drug-likeness (QED) is 0.0192. The van der Waals surface area contributed by atoms with E-state index in [9.17, 15) is 22.8 Å². The zero-order valence-corrected chi connectivity index (χ0v) is 39.6. The number of unbranched alkanes of at least 4 members (excludes halogenated alkanes) is 1. The fraction of sp³-hybridized carbons (Fsp3) is 0.711. The molecule has 0 saturated heterocycles. The Morgan fingerprint density at radius 2 is 1.43 bits per heavy atom. The van der Waals surface area contributed by atoms with Crippen LogP contribution in [0.5, 0.6) is 5.75 Å². The summed E-state index contributed by atoms with van der Waals surface area (Å²) in [6.45, 7) is 16.4. The average molecular weight is 913 g/mol. The van der Waals surface area contributed by atoms with Gasteiger partial charge in [0.05, 0.1) is 12.9 Å². The number of sulfonamides is 1. The zero-order valence-electron chi connectivity index (χ0n) is 35.6. The molecule has 58 heavy (non-hydrogen) atoms. The third kappa shape index (κ3) is 22.4.